The number of nitrogens with one attached hydrogen (secondary N) is 1. The fourth-order valence-electron chi connectivity index (χ4n) is 3.19. The van der Waals surface area contributed by atoms with Gasteiger partial charge in [-0.25, -0.2) is 4.39 Å². The zero-order chi connectivity index (χ0) is 13.2. The van der Waals surface area contributed by atoms with Gasteiger partial charge in [-0.1, -0.05) is 12.2 Å². The summed E-state index contributed by atoms with van der Waals surface area (Å²) < 4.78 is 12.8. The normalized spacial score (nSPS) is 30.7. The van der Waals surface area contributed by atoms with Crippen molar-refractivity contribution in [2.45, 2.75) is 25.7 Å². The first-order valence-electron chi connectivity index (χ1n) is 6.97. The fraction of sp³-hybridized carbons (Fsp3) is 0.438. The second kappa shape index (κ2) is 5.16. The Morgan fingerprint density at radius 2 is 1.63 bits per heavy atom. The maximum Gasteiger partial charge on any atom is 0.228 e. The topological polar surface area (TPSA) is 29.1 Å². The number of carbonyl (C=O) groups is 1. The standard InChI is InChI=1S/C16H18FNO/c17-11-7-9-12(10-8-11)18-16(19)15-13-5-3-1-2-4-6-14(13)15/h1-2,7-10,13-15H,3-6H2,(H,18,19)/b2-1-. The van der Waals surface area contributed by atoms with Crippen LogP contribution in [-0.2, 0) is 4.79 Å². The Hall–Kier alpha value is -1.64. The van der Waals surface area contributed by atoms with Crippen LogP contribution in [0.2, 0.25) is 0 Å². The highest BCUT2D eigenvalue weighted by molar-refractivity contribution is 5.94. The van der Waals surface area contributed by atoms with Crippen LogP contribution >= 0.6 is 0 Å². The van der Waals surface area contributed by atoms with E-state index in [0.717, 1.165) is 25.7 Å². The van der Waals surface area contributed by atoms with Crippen molar-refractivity contribution in [1.29, 1.82) is 0 Å². The lowest BCUT2D eigenvalue weighted by Crippen LogP contribution is -2.15. The first-order chi connectivity index (χ1) is 9.25. The largest absolute Gasteiger partial charge is 0.326 e. The molecule has 2 aliphatic rings. The minimum Gasteiger partial charge on any atom is -0.326 e. The van der Waals surface area contributed by atoms with E-state index in [0.29, 0.717) is 17.5 Å². The Labute approximate surface area is 112 Å². The Bertz CT molecular complexity index is 478. The molecule has 2 unspecified atom stereocenters. The summed E-state index contributed by atoms with van der Waals surface area (Å²) in [6.07, 6.45) is 8.85. The van der Waals surface area contributed by atoms with Gasteiger partial charge in [-0.3, -0.25) is 4.79 Å². The van der Waals surface area contributed by atoms with Crippen LogP contribution in [0.15, 0.2) is 36.4 Å². The van der Waals surface area contributed by atoms with E-state index in [1.165, 1.54) is 12.1 Å². The summed E-state index contributed by atoms with van der Waals surface area (Å²) in [5, 5.41) is 2.90. The predicted octanol–water partition coefficient (Wildman–Crippen LogP) is 3.76. The Morgan fingerprint density at radius 1 is 1.05 bits per heavy atom. The van der Waals surface area contributed by atoms with Gasteiger partial charge in [0.15, 0.2) is 0 Å². The number of carbonyl (C=O) groups excluding carboxylic acids is 1. The van der Waals surface area contributed by atoms with Crippen molar-refractivity contribution in [2.24, 2.45) is 17.8 Å². The molecule has 1 saturated carbocycles. The molecular formula is C16H18FNO. The predicted molar refractivity (Wildman–Crippen MR) is 73.1 cm³/mol. The molecule has 1 aromatic carbocycles. The molecule has 3 rings (SSSR count). The van der Waals surface area contributed by atoms with Crippen molar-refractivity contribution >= 4 is 11.6 Å². The molecule has 1 aromatic rings. The molecule has 2 nitrogen and oxygen atoms in total. The smallest absolute Gasteiger partial charge is 0.228 e. The lowest BCUT2D eigenvalue weighted by Gasteiger charge is -2.04. The van der Waals surface area contributed by atoms with Crippen molar-refractivity contribution in [3.63, 3.8) is 0 Å². The summed E-state index contributed by atoms with van der Waals surface area (Å²) in [4.78, 5) is 12.2. The summed E-state index contributed by atoms with van der Waals surface area (Å²) in [6.45, 7) is 0. The average molecular weight is 259 g/mol. The van der Waals surface area contributed by atoms with Gasteiger partial charge in [0, 0.05) is 11.6 Å². The number of hydrogen-bond acceptors (Lipinski definition) is 1. The number of halogens is 1. The second-order valence-corrected chi connectivity index (χ2v) is 5.48. The van der Waals surface area contributed by atoms with Crippen molar-refractivity contribution < 1.29 is 9.18 Å². The number of benzene rings is 1. The average Bonchev–Trinajstić information content (AvgIpc) is 3.03. The summed E-state index contributed by atoms with van der Waals surface area (Å²) in [6, 6.07) is 5.96. The van der Waals surface area contributed by atoms with E-state index < -0.39 is 0 Å². The van der Waals surface area contributed by atoms with Gasteiger partial charge in [0.1, 0.15) is 5.82 Å². The van der Waals surface area contributed by atoms with Gasteiger partial charge in [0.2, 0.25) is 5.91 Å². The van der Waals surface area contributed by atoms with Crippen molar-refractivity contribution in [1.82, 2.24) is 0 Å². The highest BCUT2D eigenvalue weighted by Crippen LogP contribution is 2.53. The highest BCUT2D eigenvalue weighted by Gasteiger charge is 2.53. The third kappa shape index (κ3) is 2.70. The van der Waals surface area contributed by atoms with Gasteiger partial charge in [-0.15, -0.1) is 0 Å². The van der Waals surface area contributed by atoms with E-state index in [2.05, 4.69) is 17.5 Å². The number of allylic oxidation sites excluding steroid dienone is 2. The van der Waals surface area contributed by atoms with E-state index in [-0.39, 0.29) is 17.6 Å². The minimum atomic E-state index is -0.280. The third-order valence-electron chi connectivity index (χ3n) is 4.25. The van der Waals surface area contributed by atoms with Crippen LogP contribution < -0.4 is 5.32 Å². The molecule has 0 aliphatic heterocycles. The number of amides is 1. The second-order valence-electron chi connectivity index (χ2n) is 5.48. The van der Waals surface area contributed by atoms with E-state index >= 15 is 0 Å². The molecule has 1 N–H and O–H groups in total. The summed E-state index contributed by atoms with van der Waals surface area (Å²) in [7, 11) is 0. The molecule has 2 aliphatic carbocycles. The maximum absolute atomic E-state index is 12.8. The highest BCUT2D eigenvalue weighted by atomic mass is 19.1. The number of hydrogen-bond donors (Lipinski definition) is 1. The fourth-order valence-corrected chi connectivity index (χ4v) is 3.19. The van der Waals surface area contributed by atoms with E-state index in [4.69, 9.17) is 0 Å². The molecule has 19 heavy (non-hydrogen) atoms. The van der Waals surface area contributed by atoms with Crippen LogP contribution in [0.5, 0.6) is 0 Å². The molecule has 0 saturated heterocycles. The van der Waals surface area contributed by atoms with E-state index in [1.54, 1.807) is 12.1 Å². The summed E-state index contributed by atoms with van der Waals surface area (Å²) in [5.74, 6) is 1.07. The van der Waals surface area contributed by atoms with Gasteiger partial charge in [0.25, 0.3) is 0 Å². The molecular weight excluding hydrogens is 241 g/mol. The van der Waals surface area contributed by atoms with Gasteiger partial charge in [-0.05, 0) is 61.8 Å². The molecule has 0 aromatic heterocycles. The van der Waals surface area contributed by atoms with Gasteiger partial charge >= 0.3 is 0 Å². The number of rotatable bonds is 2. The molecule has 0 spiro atoms. The SMILES string of the molecule is O=C(Nc1ccc(F)cc1)C1C2CC/C=C\CCC21. The van der Waals surface area contributed by atoms with Crippen LogP contribution in [0.1, 0.15) is 25.7 Å². The van der Waals surface area contributed by atoms with Crippen molar-refractivity contribution in [3.8, 4) is 0 Å². The van der Waals surface area contributed by atoms with Crippen molar-refractivity contribution in [3.05, 3.63) is 42.2 Å². The van der Waals surface area contributed by atoms with Gasteiger partial charge in [0.05, 0.1) is 0 Å². The van der Waals surface area contributed by atoms with Crippen molar-refractivity contribution in [2.75, 3.05) is 5.32 Å². The molecule has 2 atom stereocenters. The van der Waals surface area contributed by atoms with Gasteiger partial charge in [-0.2, -0.15) is 0 Å². The number of anilines is 1. The third-order valence-corrected chi connectivity index (χ3v) is 4.25. The molecule has 1 amide bonds. The molecule has 0 radical (unpaired) electrons. The number of fused-ring (bicyclic) bond motifs is 1. The molecule has 0 bridgehead atoms. The van der Waals surface area contributed by atoms with Crippen LogP contribution in [-0.4, -0.2) is 5.91 Å². The lowest BCUT2D eigenvalue weighted by molar-refractivity contribution is -0.117. The van der Waals surface area contributed by atoms with Gasteiger partial charge < -0.3 is 5.32 Å². The minimum absolute atomic E-state index is 0.100. The molecule has 100 valence electrons. The van der Waals surface area contributed by atoms with Crippen LogP contribution in [0.3, 0.4) is 0 Å². The zero-order valence-electron chi connectivity index (χ0n) is 10.8. The maximum atomic E-state index is 12.8. The summed E-state index contributed by atoms with van der Waals surface area (Å²) >= 11 is 0. The lowest BCUT2D eigenvalue weighted by atomic mass is 10.1. The molecule has 0 heterocycles. The summed E-state index contributed by atoms with van der Waals surface area (Å²) in [5.41, 5.74) is 0.684. The zero-order valence-corrected chi connectivity index (χ0v) is 10.8. The van der Waals surface area contributed by atoms with Crippen LogP contribution in [0, 0.1) is 23.6 Å². The first-order valence-corrected chi connectivity index (χ1v) is 6.97. The molecule has 3 heteroatoms. The quantitative estimate of drug-likeness (QED) is 0.805. The van der Waals surface area contributed by atoms with E-state index in [9.17, 15) is 9.18 Å². The molecule has 1 fully saturated rings. The first kappa shape index (κ1) is 12.4. The van der Waals surface area contributed by atoms with E-state index in [1.807, 2.05) is 0 Å². The Balaban J connectivity index is 1.61. The Kier molecular flexibility index (Phi) is 3.36. The monoisotopic (exact) mass is 259 g/mol. The van der Waals surface area contributed by atoms with Crippen LogP contribution in [0.25, 0.3) is 0 Å². The Morgan fingerprint density at radius 3 is 2.21 bits per heavy atom. The van der Waals surface area contributed by atoms with Crippen LogP contribution in [0.4, 0.5) is 10.1 Å².